The van der Waals surface area contributed by atoms with Crippen LogP contribution in [0.5, 0.6) is 5.75 Å². The number of methoxy groups -OCH3 is 1. The average molecular weight is 616 g/mol. The van der Waals surface area contributed by atoms with Crippen LogP contribution < -0.4 is 15.0 Å². The summed E-state index contributed by atoms with van der Waals surface area (Å²) in [5.41, 5.74) is -0.276. The molecular formula is C34H37N3O8. The number of esters is 1. The van der Waals surface area contributed by atoms with Crippen LogP contribution in [-0.2, 0) is 28.7 Å². The Kier molecular flexibility index (Phi) is 8.48. The number of amides is 3. The van der Waals surface area contributed by atoms with Gasteiger partial charge in [-0.3, -0.25) is 19.2 Å². The Morgan fingerprint density at radius 1 is 1.04 bits per heavy atom. The Balaban J connectivity index is 1.49. The summed E-state index contributed by atoms with van der Waals surface area (Å²) in [5, 5.41) is 13.5. The molecule has 11 nitrogen and oxygen atoms in total. The van der Waals surface area contributed by atoms with Crippen molar-refractivity contribution in [2.24, 2.45) is 11.8 Å². The smallest absolute Gasteiger partial charge is 0.313 e. The first kappa shape index (κ1) is 30.5. The van der Waals surface area contributed by atoms with Crippen molar-refractivity contribution < 1.29 is 38.5 Å². The Labute approximate surface area is 261 Å². The molecule has 2 N–H and O–H groups in total. The number of allylic oxidation sites excluding steroid dienone is 1. The van der Waals surface area contributed by atoms with Gasteiger partial charge in [-0.15, -0.1) is 0 Å². The van der Waals surface area contributed by atoms with Gasteiger partial charge in [-0.25, -0.2) is 0 Å². The van der Waals surface area contributed by atoms with Gasteiger partial charge < -0.3 is 34.4 Å². The number of carbonyl (C=O) groups excluding carboxylic acids is 4. The Morgan fingerprint density at radius 3 is 2.51 bits per heavy atom. The van der Waals surface area contributed by atoms with E-state index in [1.54, 1.807) is 79.6 Å². The zero-order valence-corrected chi connectivity index (χ0v) is 25.2. The molecule has 0 aromatic heterocycles. The summed E-state index contributed by atoms with van der Waals surface area (Å²) in [6.45, 7) is 1.47. The molecule has 5 bridgehead atoms. The minimum atomic E-state index is -1.47. The lowest BCUT2D eigenvalue weighted by atomic mass is 9.74. The van der Waals surface area contributed by atoms with E-state index < -0.39 is 66.1 Å². The predicted molar refractivity (Wildman–Crippen MR) is 163 cm³/mol. The highest BCUT2D eigenvalue weighted by Gasteiger charge is 2.74. The zero-order chi connectivity index (χ0) is 31.7. The molecule has 236 valence electrons. The molecule has 6 rings (SSSR count). The number of nitrogens with zero attached hydrogens (tertiary/aromatic N) is 2. The van der Waals surface area contributed by atoms with Gasteiger partial charge in [-0.05, 0) is 43.2 Å². The van der Waals surface area contributed by atoms with Gasteiger partial charge in [-0.2, -0.15) is 0 Å². The molecule has 7 atom stereocenters. The number of hydrogen-bond donors (Lipinski definition) is 2. The van der Waals surface area contributed by atoms with E-state index in [0.29, 0.717) is 23.4 Å². The van der Waals surface area contributed by atoms with Crippen LogP contribution in [0.2, 0.25) is 0 Å². The van der Waals surface area contributed by atoms with Crippen molar-refractivity contribution >= 4 is 29.4 Å². The Morgan fingerprint density at radius 2 is 1.80 bits per heavy atom. The Hall–Kier alpha value is -4.48. The second-order valence-electron chi connectivity index (χ2n) is 11.8. The summed E-state index contributed by atoms with van der Waals surface area (Å²) in [5.74, 6) is -3.21. The molecule has 0 unspecified atom stereocenters. The maximum atomic E-state index is 15.0. The summed E-state index contributed by atoms with van der Waals surface area (Å²) in [6.07, 6.45) is 6.31. The molecule has 0 aliphatic carbocycles. The topological polar surface area (TPSA) is 135 Å². The van der Waals surface area contributed by atoms with Gasteiger partial charge in [0.1, 0.15) is 29.4 Å². The number of rotatable bonds is 5. The fraction of sp³-hybridized carbons (Fsp3) is 0.412. The number of aliphatic hydroxyl groups is 1. The van der Waals surface area contributed by atoms with Gasteiger partial charge >= 0.3 is 5.97 Å². The van der Waals surface area contributed by atoms with Crippen molar-refractivity contribution in [3.63, 3.8) is 0 Å². The summed E-state index contributed by atoms with van der Waals surface area (Å²) < 4.78 is 17.6. The molecule has 4 aliphatic heterocycles. The van der Waals surface area contributed by atoms with E-state index in [1.165, 1.54) is 4.90 Å². The molecular weight excluding hydrogens is 578 g/mol. The molecule has 4 heterocycles. The van der Waals surface area contributed by atoms with Crippen LogP contribution >= 0.6 is 0 Å². The maximum Gasteiger partial charge on any atom is 0.313 e. The third kappa shape index (κ3) is 5.40. The normalized spacial score (nSPS) is 31.4. The van der Waals surface area contributed by atoms with Crippen LogP contribution in [0.3, 0.4) is 0 Å². The molecule has 4 aliphatic rings. The van der Waals surface area contributed by atoms with E-state index in [9.17, 15) is 24.3 Å². The zero-order valence-electron chi connectivity index (χ0n) is 25.2. The van der Waals surface area contributed by atoms with Gasteiger partial charge in [-0.1, -0.05) is 54.6 Å². The number of likely N-dealkylation sites (tertiary alicyclic amines) is 1. The summed E-state index contributed by atoms with van der Waals surface area (Å²) in [4.78, 5) is 58.6. The standard InChI is InChI=1S/C34H37N3O8/c1-21-19-35-27(39)11-7-4-8-18-36(23-12-14-24(43-2)15-13-23)32(41)30-34-17-16-26(45-34)28(33(42)44-21)29(34)31(40)37(30)25(20-38)22-9-5-3-6-10-22/h3-6,8-10,12-17,21,25-26,28-30,38H,7,11,18-20H2,1-2H3,(H,35,39)/b8-4-/t21-,25+,26+,28-,29-,30+,34-/m0/s1. The molecule has 2 aromatic rings. The summed E-state index contributed by atoms with van der Waals surface area (Å²) in [6, 6.07) is 13.9. The van der Waals surface area contributed by atoms with Crippen molar-refractivity contribution in [1.82, 2.24) is 10.2 Å². The summed E-state index contributed by atoms with van der Waals surface area (Å²) >= 11 is 0. The highest BCUT2D eigenvalue weighted by atomic mass is 16.6. The lowest BCUT2D eigenvalue weighted by Crippen LogP contribution is -2.57. The van der Waals surface area contributed by atoms with Crippen LogP contribution in [0.15, 0.2) is 78.9 Å². The van der Waals surface area contributed by atoms with Gasteiger partial charge in [0.2, 0.25) is 11.8 Å². The average Bonchev–Trinajstić information content (AvgIpc) is 3.70. The fourth-order valence-corrected chi connectivity index (χ4v) is 6.93. The molecule has 3 amide bonds. The Bertz CT molecular complexity index is 1510. The van der Waals surface area contributed by atoms with Crippen molar-refractivity contribution in [2.75, 3.05) is 31.7 Å². The lowest BCUT2D eigenvalue weighted by Gasteiger charge is -2.39. The fourth-order valence-electron chi connectivity index (χ4n) is 6.93. The molecule has 1 spiro atoms. The number of benzene rings is 2. The van der Waals surface area contributed by atoms with E-state index in [4.69, 9.17) is 14.2 Å². The number of fused-ring (bicyclic) bond motifs is 2. The molecule has 2 saturated heterocycles. The van der Waals surface area contributed by atoms with Crippen LogP contribution in [0.25, 0.3) is 0 Å². The third-order valence-electron chi connectivity index (χ3n) is 9.06. The van der Waals surface area contributed by atoms with Crippen LogP contribution in [-0.4, -0.2) is 84.4 Å². The number of aliphatic hydroxyl groups excluding tert-OH is 1. The van der Waals surface area contributed by atoms with Crippen molar-refractivity contribution in [2.45, 2.75) is 49.7 Å². The first-order valence-electron chi connectivity index (χ1n) is 15.2. The van der Waals surface area contributed by atoms with Crippen molar-refractivity contribution in [3.05, 3.63) is 84.5 Å². The molecule has 2 aromatic carbocycles. The van der Waals surface area contributed by atoms with Gasteiger partial charge in [0.25, 0.3) is 5.91 Å². The van der Waals surface area contributed by atoms with Crippen LogP contribution in [0.1, 0.15) is 31.4 Å². The molecule has 45 heavy (non-hydrogen) atoms. The predicted octanol–water partition coefficient (Wildman–Crippen LogP) is 2.31. The first-order chi connectivity index (χ1) is 21.8. The summed E-state index contributed by atoms with van der Waals surface area (Å²) in [7, 11) is 1.55. The number of anilines is 1. The van der Waals surface area contributed by atoms with E-state index in [0.717, 1.165) is 0 Å². The van der Waals surface area contributed by atoms with Crippen LogP contribution in [0.4, 0.5) is 5.69 Å². The third-order valence-corrected chi connectivity index (χ3v) is 9.06. The lowest BCUT2D eigenvalue weighted by molar-refractivity contribution is -0.159. The minimum absolute atomic E-state index is 0.116. The number of nitrogens with one attached hydrogen (secondary N) is 1. The largest absolute Gasteiger partial charge is 0.497 e. The molecule has 2 fully saturated rings. The minimum Gasteiger partial charge on any atom is -0.497 e. The second kappa shape index (κ2) is 12.5. The monoisotopic (exact) mass is 615 g/mol. The number of ether oxygens (including phenoxy) is 3. The maximum absolute atomic E-state index is 15.0. The SMILES string of the molecule is COc1ccc(N2C/C=C\CCC(=O)NC[C@H](C)OC(=O)[C@@H]3[C@H]4C(=O)N([C@H](CO)c5ccccc5)[C@H](C2=O)[C@]42C=C[C@H]3O2)cc1. The molecule has 11 heteroatoms. The van der Waals surface area contributed by atoms with E-state index in [1.807, 2.05) is 18.2 Å². The van der Waals surface area contributed by atoms with E-state index >= 15 is 0 Å². The highest BCUT2D eigenvalue weighted by Crippen LogP contribution is 2.57. The molecule has 0 radical (unpaired) electrons. The number of hydrogen-bond acceptors (Lipinski definition) is 8. The van der Waals surface area contributed by atoms with Crippen molar-refractivity contribution in [3.8, 4) is 5.75 Å². The van der Waals surface area contributed by atoms with Crippen LogP contribution in [0, 0.1) is 11.8 Å². The number of cyclic esters (lactones) is 1. The van der Waals surface area contributed by atoms with Gasteiger partial charge in [0.05, 0.1) is 38.3 Å². The first-order valence-corrected chi connectivity index (χ1v) is 15.2. The quantitative estimate of drug-likeness (QED) is 0.387. The highest BCUT2D eigenvalue weighted by molar-refractivity contribution is 6.05. The van der Waals surface area contributed by atoms with E-state index in [2.05, 4.69) is 5.32 Å². The van der Waals surface area contributed by atoms with Gasteiger partial charge in [0.15, 0.2) is 0 Å². The van der Waals surface area contributed by atoms with Crippen molar-refractivity contribution in [1.29, 1.82) is 0 Å². The van der Waals surface area contributed by atoms with E-state index in [-0.39, 0.29) is 25.4 Å². The number of carbonyl (C=O) groups is 4. The second-order valence-corrected chi connectivity index (χ2v) is 11.8. The molecule has 0 saturated carbocycles. The van der Waals surface area contributed by atoms with Gasteiger partial charge in [0, 0.05) is 18.7 Å².